The summed E-state index contributed by atoms with van der Waals surface area (Å²) in [6.07, 6.45) is 3.26. The summed E-state index contributed by atoms with van der Waals surface area (Å²) in [6, 6.07) is 10.2. The number of aromatic nitrogens is 4. The lowest BCUT2D eigenvalue weighted by atomic mass is 10.0. The Morgan fingerprint density at radius 2 is 1.85 bits per heavy atom. The first-order valence-electron chi connectivity index (χ1n) is 9.32. The summed E-state index contributed by atoms with van der Waals surface area (Å²) >= 11 is 0. The smallest absolute Gasteiger partial charge is 0.363 e. The molecule has 0 fully saturated rings. The zero-order valence-electron chi connectivity index (χ0n) is 15.6. The molecule has 0 aromatic heterocycles. The molecule has 3 rings (SSSR count). The topological polar surface area (TPSA) is 72.9 Å². The van der Waals surface area contributed by atoms with Gasteiger partial charge in [-0.3, -0.25) is 4.57 Å². The van der Waals surface area contributed by atoms with Gasteiger partial charge in [0.15, 0.2) is 0 Å². The summed E-state index contributed by atoms with van der Waals surface area (Å²) < 4.78 is 2.28. The van der Waals surface area contributed by atoms with E-state index in [0.717, 1.165) is 31.4 Å². The van der Waals surface area contributed by atoms with E-state index < -0.39 is 5.69 Å². The third-order valence-corrected chi connectivity index (χ3v) is 4.63. The van der Waals surface area contributed by atoms with Crippen molar-refractivity contribution in [2.75, 3.05) is 0 Å². The fraction of sp³-hybridized carbons (Fsp3) is 0.450. The second-order valence-electron chi connectivity index (χ2n) is 6.79. The maximum atomic E-state index is 12.5. The van der Waals surface area contributed by atoms with Crippen molar-refractivity contribution in [1.82, 2.24) is 19.3 Å². The number of hydrogen-bond donors (Lipinski definition) is 1. The first-order valence-corrected chi connectivity index (χ1v) is 9.32. The van der Waals surface area contributed by atoms with Crippen LogP contribution in [0.1, 0.15) is 56.6 Å². The number of hydrogen-bond acceptors (Lipinski definition) is 4. The van der Waals surface area contributed by atoms with Crippen LogP contribution < -0.4 is 5.69 Å². The Morgan fingerprint density at radius 3 is 2.50 bits per heavy atom. The monoisotopic (exact) mass is 354 g/mol. The van der Waals surface area contributed by atoms with Gasteiger partial charge in [0.2, 0.25) is 5.82 Å². The SMILES string of the molecule is CCCc1c2nc([C@@H](C)Cc3ccccc3)nc-2n(O)c(=O)n1CCC. The second-order valence-corrected chi connectivity index (χ2v) is 6.79. The van der Waals surface area contributed by atoms with Crippen LogP contribution in [0.5, 0.6) is 0 Å². The molecular weight excluding hydrogens is 328 g/mol. The first-order chi connectivity index (χ1) is 12.6. The minimum atomic E-state index is -0.440. The Kier molecular flexibility index (Phi) is 5.40. The minimum Gasteiger partial charge on any atom is -0.422 e. The molecule has 0 unspecified atom stereocenters. The van der Waals surface area contributed by atoms with Crippen molar-refractivity contribution in [3.8, 4) is 11.5 Å². The van der Waals surface area contributed by atoms with E-state index in [1.54, 1.807) is 4.57 Å². The average molecular weight is 354 g/mol. The van der Waals surface area contributed by atoms with Gasteiger partial charge >= 0.3 is 5.69 Å². The standard InChI is InChI=1S/C20H26N4O2/c1-4-9-16-17-19(24(26)20(25)23(16)12-5-2)22-18(21-17)14(3)13-15-10-7-6-8-11-15/h6-8,10-11,14,26H,4-5,9,12-13H2,1-3H3/t14-/m0/s1. The van der Waals surface area contributed by atoms with E-state index in [9.17, 15) is 10.0 Å². The summed E-state index contributed by atoms with van der Waals surface area (Å²) in [6.45, 7) is 6.72. The van der Waals surface area contributed by atoms with Crippen molar-refractivity contribution >= 4 is 0 Å². The molecule has 6 heteroatoms. The Balaban J connectivity index is 2.07. The molecule has 1 aromatic rings. The van der Waals surface area contributed by atoms with Gasteiger partial charge in [0, 0.05) is 12.5 Å². The Bertz CT molecular complexity index is 898. The van der Waals surface area contributed by atoms with Gasteiger partial charge in [0.05, 0.1) is 5.69 Å². The van der Waals surface area contributed by atoms with Gasteiger partial charge in [-0.2, -0.15) is 0 Å². The van der Waals surface area contributed by atoms with E-state index in [2.05, 4.69) is 31.0 Å². The van der Waals surface area contributed by atoms with Crippen molar-refractivity contribution in [2.24, 2.45) is 0 Å². The maximum Gasteiger partial charge on any atom is 0.363 e. The molecule has 0 bridgehead atoms. The van der Waals surface area contributed by atoms with Crippen molar-refractivity contribution in [3.05, 3.63) is 57.9 Å². The molecule has 2 aliphatic rings. The molecular formula is C20H26N4O2. The Morgan fingerprint density at radius 1 is 1.12 bits per heavy atom. The summed E-state index contributed by atoms with van der Waals surface area (Å²) in [5.74, 6) is 1.02. The molecule has 1 N–H and O–H groups in total. The van der Waals surface area contributed by atoms with Gasteiger partial charge < -0.3 is 5.21 Å². The Labute approximate surface area is 153 Å². The predicted molar refractivity (Wildman–Crippen MR) is 101 cm³/mol. The van der Waals surface area contributed by atoms with Gasteiger partial charge in [-0.25, -0.2) is 14.8 Å². The molecule has 0 radical (unpaired) electrons. The van der Waals surface area contributed by atoms with Crippen LogP contribution >= 0.6 is 0 Å². The Hall–Kier alpha value is -2.63. The lowest BCUT2D eigenvalue weighted by Gasteiger charge is -2.15. The largest absolute Gasteiger partial charge is 0.422 e. The lowest BCUT2D eigenvalue weighted by Crippen LogP contribution is -2.34. The van der Waals surface area contributed by atoms with Crippen LogP contribution in [0.3, 0.4) is 0 Å². The highest BCUT2D eigenvalue weighted by Crippen LogP contribution is 2.27. The predicted octanol–water partition coefficient (Wildman–Crippen LogP) is 3.49. The zero-order valence-corrected chi connectivity index (χ0v) is 15.6. The van der Waals surface area contributed by atoms with Gasteiger partial charge in [-0.15, -0.1) is 4.73 Å². The fourth-order valence-electron chi connectivity index (χ4n) is 3.36. The highest BCUT2D eigenvalue weighted by atomic mass is 16.5. The summed E-state index contributed by atoms with van der Waals surface area (Å²) in [5.41, 5.74) is 2.28. The van der Waals surface area contributed by atoms with E-state index in [0.29, 0.717) is 22.8 Å². The molecule has 2 heterocycles. The third-order valence-electron chi connectivity index (χ3n) is 4.63. The molecule has 0 aliphatic carbocycles. The van der Waals surface area contributed by atoms with Crippen LogP contribution in [0.2, 0.25) is 0 Å². The quantitative estimate of drug-likeness (QED) is 0.659. The van der Waals surface area contributed by atoms with Crippen molar-refractivity contribution in [1.29, 1.82) is 0 Å². The summed E-state index contributed by atoms with van der Waals surface area (Å²) in [5, 5.41) is 10.3. The van der Waals surface area contributed by atoms with Gasteiger partial charge in [0.25, 0.3) is 0 Å². The summed E-state index contributed by atoms with van der Waals surface area (Å²) in [7, 11) is 0. The van der Waals surface area contributed by atoms with E-state index in [1.807, 2.05) is 25.1 Å². The van der Waals surface area contributed by atoms with E-state index in [-0.39, 0.29) is 11.7 Å². The van der Waals surface area contributed by atoms with Crippen molar-refractivity contribution < 1.29 is 5.21 Å². The van der Waals surface area contributed by atoms with Crippen LogP contribution in [0.4, 0.5) is 0 Å². The molecule has 1 aromatic carbocycles. The maximum absolute atomic E-state index is 12.5. The zero-order chi connectivity index (χ0) is 18.7. The molecule has 2 aliphatic heterocycles. The average Bonchev–Trinajstić information content (AvgIpc) is 3.09. The summed E-state index contributed by atoms with van der Waals surface area (Å²) in [4.78, 5) is 21.8. The van der Waals surface area contributed by atoms with Crippen LogP contribution in [-0.2, 0) is 19.4 Å². The van der Waals surface area contributed by atoms with Crippen LogP contribution in [0.15, 0.2) is 35.1 Å². The first kappa shape index (κ1) is 18.2. The second kappa shape index (κ2) is 7.72. The van der Waals surface area contributed by atoms with E-state index in [1.165, 1.54) is 5.56 Å². The molecule has 0 spiro atoms. The van der Waals surface area contributed by atoms with E-state index >= 15 is 0 Å². The van der Waals surface area contributed by atoms with Gasteiger partial charge in [-0.05, 0) is 24.8 Å². The number of imidazole rings is 1. The van der Waals surface area contributed by atoms with Crippen LogP contribution in [0, 0.1) is 0 Å². The van der Waals surface area contributed by atoms with E-state index in [4.69, 9.17) is 4.98 Å². The fourth-order valence-corrected chi connectivity index (χ4v) is 3.36. The lowest BCUT2D eigenvalue weighted by molar-refractivity contribution is 0.165. The number of rotatable bonds is 7. The molecule has 138 valence electrons. The number of fused-ring (bicyclic) bond motifs is 1. The van der Waals surface area contributed by atoms with Gasteiger partial charge in [-0.1, -0.05) is 57.5 Å². The number of benzene rings is 1. The van der Waals surface area contributed by atoms with Gasteiger partial charge in [0.1, 0.15) is 11.5 Å². The third kappa shape index (κ3) is 3.36. The molecule has 0 saturated heterocycles. The highest BCUT2D eigenvalue weighted by Gasteiger charge is 2.26. The molecule has 26 heavy (non-hydrogen) atoms. The molecule has 6 nitrogen and oxygen atoms in total. The van der Waals surface area contributed by atoms with Crippen molar-refractivity contribution in [2.45, 2.75) is 58.9 Å². The molecule has 1 atom stereocenters. The molecule has 0 saturated carbocycles. The van der Waals surface area contributed by atoms with Crippen LogP contribution in [0.25, 0.3) is 11.5 Å². The van der Waals surface area contributed by atoms with Crippen LogP contribution in [-0.4, -0.2) is 24.5 Å². The highest BCUT2D eigenvalue weighted by molar-refractivity contribution is 5.55. The minimum absolute atomic E-state index is 0.0917. The molecule has 0 amide bonds. The number of nitrogens with zero attached hydrogens (tertiary/aromatic N) is 4. The normalized spacial score (nSPS) is 12.6. The van der Waals surface area contributed by atoms with Crippen molar-refractivity contribution in [3.63, 3.8) is 0 Å².